The van der Waals surface area contributed by atoms with E-state index in [-0.39, 0.29) is 6.10 Å². The molecule has 2 nitrogen and oxygen atoms in total. The number of benzene rings is 1. The highest BCUT2D eigenvalue weighted by Gasteiger charge is 2.24. The van der Waals surface area contributed by atoms with Gasteiger partial charge in [0, 0.05) is 17.1 Å². The quantitative estimate of drug-likeness (QED) is 0.909. The highest BCUT2D eigenvalue weighted by Crippen LogP contribution is 2.36. The lowest BCUT2D eigenvalue weighted by atomic mass is 10.00. The fraction of sp³-hybridized carbons (Fsp3) is 0.412. The first kappa shape index (κ1) is 13.7. The first-order chi connectivity index (χ1) is 9.70. The van der Waals surface area contributed by atoms with Gasteiger partial charge in [-0.1, -0.05) is 19.1 Å². The molecule has 2 atom stereocenters. The van der Waals surface area contributed by atoms with Gasteiger partial charge >= 0.3 is 0 Å². The Bertz CT molecular complexity index is 575. The van der Waals surface area contributed by atoms with Crippen molar-refractivity contribution in [2.24, 2.45) is 0 Å². The lowest BCUT2D eigenvalue weighted by Crippen LogP contribution is -2.33. The van der Waals surface area contributed by atoms with Gasteiger partial charge in [0.1, 0.15) is 0 Å². The summed E-state index contributed by atoms with van der Waals surface area (Å²) in [6.07, 6.45) is 1.56. The minimum Gasteiger partial charge on any atom is -0.388 e. The van der Waals surface area contributed by atoms with Crippen molar-refractivity contribution in [1.82, 2.24) is 0 Å². The van der Waals surface area contributed by atoms with Gasteiger partial charge in [-0.15, -0.1) is 11.3 Å². The lowest BCUT2D eigenvalue weighted by molar-refractivity contribution is 0.173. The summed E-state index contributed by atoms with van der Waals surface area (Å²) in [6.45, 7) is 5.35. The van der Waals surface area contributed by atoms with E-state index in [2.05, 4.69) is 47.5 Å². The Kier molecular flexibility index (Phi) is 3.81. The second kappa shape index (κ2) is 5.58. The zero-order chi connectivity index (χ0) is 14.1. The molecule has 1 N–H and O–H groups in total. The van der Waals surface area contributed by atoms with Crippen LogP contribution in [0, 0.1) is 0 Å². The number of nitrogens with zero attached hydrogens (tertiary/aromatic N) is 1. The third-order valence-electron chi connectivity index (χ3n) is 4.27. The zero-order valence-corrected chi connectivity index (χ0v) is 12.9. The van der Waals surface area contributed by atoms with Crippen molar-refractivity contribution in [2.45, 2.75) is 38.8 Å². The van der Waals surface area contributed by atoms with Gasteiger partial charge in [0.15, 0.2) is 0 Å². The second-order valence-corrected chi connectivity index (χ2v) is 6.43. The van der Waals surface area contributed by atoms with Crippen molar-refractivity contribution in [2.75, 3.05) is 11.4 Å². The molecule has 2 aromatic rings. The first-order valence-electron chi connectivity index (χ1n) is 7.31. The van der Waals surface area contributed by atoms with Gasteiger partial charge < -0.3 is 10.0 Å². The summed E-state index contributed by atoms with van der Waals surface area (Å²) in [5.41, 5.74) is 3.73. The van der Waals surface area contributed by atoms with E-state index in [9.17, 15) is 5.11 Å². The molecule has 2 heterocycles. The Morgan fingerprint density at radius 2 is 2.05 bits per heavy atom. The summed E-state index contributed by atoms with van der Waals surface area (Å²) in [5.74, 6) is 0. The molecule has 0 bridgehead atoms. The number of aliphatic hydroxyl groups excluding tert-OH is 1. The second-order valence-electron chi connectivity index (χ2n) is 5.43. The molecule has 0 saturated heterocycles. The number of anilines is 1. The van der Waals surface area contributed by atoms with Gasteiger partial charge in [0.2, 0.25) is 0 Å². The maximum Gasteiger partial charge on any atom is 0.0787 e. The molecule has 1 aliphatic heterocycles. The number of hydrogen-bond donors (Lipinski definition) is 1. The van der Waals surface area contributed by atoms with Crippen LogP contribution in [0.4, 0.5) is 5.69 Å². The molecule has 20 heavy (non-hydrogen) atoms. The molecule has 0 aliphatic carbocycles. The molecule has 0 fully saturated rings. The molecule has 3 heteroatoms. The Labute approximate surface area is 124 Å². The summed E-state index contributed by atoms with van der Waals surface area (Å²) in [6, 6.07) is 11.1. The van der Waals surface area contributed by atoms with E-state index in [1.165, 1.54) is 16.1 Å². The predicted octanol–water partition coefficient (Wildman–Crippen LogP) is 4.32. The van der Waals surface area contributed by atoms with Gasteiger partial charge in [-0.25, -0.2) is 0 Å². The molecule has 0 spiro atoms. The van der Waals surface area contributed by atoms with Gasteiger partial charge in [-0.05, 0) is 54.5 Å². The SMILES string of the molecule is CC[C@H](O)c1ccc(N2CCc3sccc3C2C)cc1. The van der Waals surface area contributed by atoms with E-state index in [1.54, 1.807) is 0 Å². The van der Waals surface area contributed by atoms with E-state index in [4.69, 9.17) is 0 Å². The molecule has 0 saturated carbocycles. The number of hydrogen-bond acceptors (Lipinski definition) is 3. The summed E-state index contributed by atoms with van der Waals surface area (Å²) >= 11 is 1.88. The topological polar surface area (TPSA) is 23.5 Å². The van der Waals surface area contributed by atoms with E-state index >= 15 is 0 Å². The standard InChI is InChI=1S/C17H21NOS/c1-3-16(19)13-4-6-14(7-5-13)18-10-8-17-15(12(18)2)9-11-20-17/h4-7,9,11-12,16,19H,3,8,10H2,1-2H3/t12?,16-/m0/s1. The zero-order valence-electron chi connectivity index (χ0n) is 12.0. The average molecular weight is 287 g/mol. The van der Waals surface area contributed by atoms with E-state index in [0.29, 0.717) is 6.04 Å². The lowest BCUT2D eigenvalue weighted by Gasteiger charge is -2.35. The fourth-order valence-corrected chi connectivity index (χ4v) is 3.95. The summed E-state index contributed by atoms with van der Waals surface area (Å²) in [4.78, 5) is 3.99. The van der Waals surface area contributed by atoms with Crippen LogP contribution >= 0.6 is 11.3 Å². The molecule has 1 aromatic carbocycles. The number of fused-ring (bicyclic) bond motifs is 1. The normalized spacial score (nSPS) is 19.8. The van der Waals surface area contributed by atoms with Crippen molar-refractivity contribution in [3.63, 3.8) is 0 Å². The minimum absolute atomic E-state index is 0.341. The Hall–Kier alpha value is -1.32. The monoisotopic (exact) mass is 287 g/mol. The maximum atomic E-state index is 9.87. The van der Waals surface area contributed by atoms with Crippen LogP contribution in [-0.2, 0) is 6.42 Å². The minimum atomic E-state index is -0.341. The Balaban J connectivity index is 1.83. The van der Waals surface area contributed by atoms with Crippen molar-refractivity contribution in [3.8, 4) is 0 Å². The number of thiophene rings is 1. The molecule has 1 aliphatic rings. The molecule has 106 valence electrons. The molecule has 1 unspecified atom stereocenters. The van der Waals surface area contributed by atoms with Gasteiger partial charge in [-0.3, -0.25) is 0 Å². The van der Waals surface area contributed by atoms with Crippen LogP contribution < -0.4 is 4.90 Å². The first-order valence-corrected chi connectivity index (χ1v) is 8.19. The molecule has 3 rings (SSSR count). The van der Waals surface area contributed by atoms with Crippen LogP contribution in [-0.4, -0.2) is 11.7 Å². The van der Waals surface area contributed by atoms with Crippen LogP contribution in [0.15, 0.2) is 35.7 Å². The van der Waals surface area contributed by atoms with Crippen LogP contribution in [0.2, 0.25) is 0 Å². The van der Waals surface area contributed by atoms with Crippen molar-refractivity contribution in [3.05, 3.63) is 51.7 Å². The van der Waals surface area contributed by atoms with Gasteiger partial charge in [0.05, 0.1) is 12.1 Å². The highest BCUT2D eigenvalue weighted by atomic mass is 32.1. The van der Waals surface area contributed by atoms with Crippen LogP contribution in [0.25, 0.3) is 0 Å². The predicted molar refractivity (Wildman–Crippen MR) is 85.5 cm³/mol. The van der Waals surface area contributed by atoms with E-state index < -0.39 is 0 Å². The molecular formula is C17H21NOS. The van der Waals surface area contributed by atoms with Crippen molar-refractivity contribution >= 4 is 17.0 Å². The highest BCUT2D eigenvalue weighted by molar-refractivity contribution is 7.10. The van der Waals surface area contributed by atoms with E-state index in [0.717, 1.165) is 24.9 Å². The van der Waals surface area contributed by atoms with Crippen LogP contribution in [0.3, 0.4) is 0 Å². The Morgan fingerprint density at radius 1 is 1.30 bits per heavy atom. The molecule has 0 amide bonds. The van der Waals surface area contributed by atoms with Crippen molar-refractivity contribution in [1.29, 1.82) is 0 Å². The summed E-state index contributed by atoms with van der Waals surface area (Å²) in [7, 11) is 0. The Morgan fingerprint density at radius 3 is 2.75 bits per heavy atom. The smallest absolute Gasteiger partial charge is 0.0787 e. The molecule has 1 aromatic heterocycles. The average Bonchev–Trinajstić information content (AvgIpc) is 2.96. The molecular weight excluding hydrogens is 266 g/mol. The van der Waals surface area contributed by atoms with Gasteiger partial charge in [0.25, 0.3) is 0 Å². The number of aliphatic hydroxyl groups is 1. The summed E-state index contributed by atoms with van der Waals surface area (Å²) < 4.78 is 0. The number of rotatable bonds is 3. The third kappa shape index (κ3) is 2.36. The van der Waals surface area contributed by atoms with Gasteiger partial charge in [-0.2, -0.15) is 0 Å². The van der Waals surface area contributed by atoms with Crippen LogP contribution in [0.1, 0.15) is 48.4 Å². The largest absolute Gasteiger partial charge is 0.388 e. The maximum absolute atomic E-state index is 9.87. The molecule has 0 radical (unpaired) electrons. The summed E-state index contributed by atoms with van der Waals surface area (Å²) in [5, 5.41) is 12.1. The van der Waals surface area contributed by atoms with Crippen LogP contribution in [0.5, 0.6) is 0 Å². The van der Waals surface area contributed by atoms with Crippen molar-refractivity contribution < 1.29 is 5.11 Å². The fourth-order valence-electron chi connectivity index (χ4n) is 2.99. The third-order valence-corrected chi connectivity index (χ3v) is 5.27. The van der Waals surface area contributed by atoms with E-state index in [1.807, 2.05) is 18.3 Å².